The van der Waals surface area contributed by atoms with E-state index in [0.717, 1.165) is 38.5 Å². The van der Waals surface area contributed by atoms with E-state index in [4.69, 9.17) is 0 Å². The number of hydrogen-bond donors (Lipinski definition) is 1. The Hall–Kier alpha value is -1.84. The predicted octanol–water partition coefficient (Wildman–Crippen LogP) is 3.60. The molecule has 0 unspecified atom stereocenters. The number of nitrogens with one attached hydrogen (secondary N) is 1. The van der Waals surface area contributed by atoms with Gasteiger partial charge in [-0.25, -0.2) is 0 Å². The molecule has 1 aliphatic heterocycles. The van der Waals surface area contributed by atoms with Crippen LogP contribution in [-0.4, -0.2) is 29.8 Å². The molecule has 4 nitrogen and oxygen atoms in total. The van der Waals surface area contributed by atoms with E-state index in [9.17, 15) is 9.59 Å². The Balaban J connectivity index is 1.83. The number of aryl methyl sites for hydroxylation is 1. The van der Waals surface area contributed by atoms with Crippen molar-refractivity contribution in [1.29, 1.82) is 0 Å². The lowest BCUT2D eigenvalue weighted by Gasteiger charge is -2.41. The molecular formula is C21H30N2O2. The van der Waals surface area contributed by atoms with Crippen LogP contribution in [0.4, 0.5) is 0 Å². The molecule has 0 bridgehead atoms. The highest BCUT2D eigenvalue weighted by Gasteiger charge is 2.38. The van der Waals surface area contributed by atoms with Gasteiger partial charge in [0.1, 0.15) is 0 Å². The maximum absolute atomic E-state index is 13.2. The monoisotopic (exact) mass is 342 g/mol. The van der Waals surface area contributed by atoms with Gasteiger partial charge >= 0.3 is 0 Å². The molecule has 1 aliphatic carbocycles. The number of carbonyl (C=O) groups is 2. The molecule has 2 aliphatic rings. The number of likely N-dealkylation sites (tertiary alicyclic amines) is 1. The van der Waals surface area contributed by atoms with Crippen molar-refractivity contribution in [1.82, 2.24) is 10.2 Å². The summed E-state index contributed by atoms with van der Waals surface area (Å²) in [5, 5.41) is 2.93. The second kappa shape index (κ2) is 8.03. The summed E-state index contributed by atoms with van der Waals surface area (Å²) in [7, 11) is 0. The zero-order chi connectivity index (χ0) is 17.8. The van der Waals surface area contributed by atoms with Crippen LogP contribution in [0.3, 0.4) is 0 Å². The van der Waals surface area contributed by atoms with Gasteiger partial charge < -0.3 is 10.2 Å². The van der Waals surface area contributed by atoms with Crippen LogP contribution in [0.2, 0.25) is 0 Å². The van der Waals surface area contributed by atoms with Crippen LogP contribution in [0.1, 0.15) is 62.6 Å². The highest BCUT2D eigenvalue weighted by molar-refractivity contribution is 5.83. The summed E-state index contributed by atoms with van der Waals surface area (Å²) in [6.45, 7) is 5.23. The fraction of sp³-hybridized carbons (Fsp3) is 0.619. The van der Waals surface area contributed by atoms with Crippen LogP contribution in [0.25, 0.3) is 0 Å². The highest BCUT2D eigenvalue weighted by atomic mass is 16.2. The van der Waals surface area contributed by atoms with Crippen molar-refractivity contribution in [3.63, 3.8) is 0 Å². The first kappa shape index (κ1) is 18.0. The summed E-state index contributed by atoms with van der Waals surface area (Å²) in [5.74, 6) is 0.430. The first-order chi connectivity index (χ1) is 12.1. The van der Waals surface area contributed by atoms with E-state index < -0.39 is 0 Å². The first-order valence-electron chi connectivity index (χ1n) is 9.75. The second-order valence-corrected chi connectivity index (χ2v) is 7.57. The average Bonchev–Trinajstić information content (AvgIpc) is 3.15. The SMILES string of the molecule is CCNC(=O)[C@@H]1CC[C@@H](c2cccc(C)c2)N(C(=O)C2CCCC2)C1. The number of nitrogens with zero attached hydrogens (tertiary/aromatic N) is 1. The van der Waals surface area contributed by atoms with Gasteiger partial charge in [0.15, 0.2) is 0 Å². The third-order valence-corrected chi connectivity index (χ3v) is 5.72. The number of amides is 2. The Morgan fingerprint density at radius 1 is 1.12 bits per heavy atom. The quantitative estimate of drug-likeness (QED) is 0.909. The van der Waals surface area contributed by atoms with Crippen LogP contribution < -0.4 is 5.32 Å². The fourth-order valence-corrected chi connectivity index (χ4v) is 4.38. The minimum absolute atomic E-state index is 0.0774. The minimum atomic E-state index is -0.0774. The minimum Gasteiger partial charge on any atom is -0.356 e. The number of piperidine rings is 1. The molecule has 0 radical (unpaired) electrons. The molecule has 25 heavy (non-hydrogen) atoms. The molecule has 0 aromatic heterocycles. The lowest BCUT2D eigenvalue weighted by atomic mass is 9.86. The van der Waals surface area contributed by atoms with Crippen molar-refractivity contribution in [2.75, 3.05) is 13.1 Å². The Morgan fingerprint density at radius 3 is 2.56 bits per heavy atom. The predicted molar refractivity (Wildman–Crippen MR) is 99.0 cm³/mol. The van der Waals surface area contributed by atoms with Gasteiger partial charge in [-0.05, 0) is 45.1 Å². The Morgan fingerprint density at radius 2 is 1.88 bits per heavy atom. The van der Waals surface area contributed by atoms with Gasteiger partial charge in [-0.1, -0.05) is 42.7 Å². The van der Waals surface area contributed by atoms with Crippen molar-refractivity contribution in [3.05, 3.63) is 35.4 Å². The van der Waals surface area contributed by atoms with E-state index in [0.29, 0.717) is 13.1 Å². The molecule has 3 rings (SSSR count). The first-order valence-corrected chi connectivity index (χ1v) is 9.75. The normalized spacial score (nSPS) is 24.3. The van der Waals surface area contributed by atoms with Crippen molar-refractivity contribution in [2.24, 2.45) is 11.8 Å². The smallest absolute Gasteiger partial charge is 0.226 e. The van der Waals surface area contributed by atoms with Gasteiger partial charge in [0.25, 0.3) is 0 Å². The Kier molecular flexibility index (Phi) is 5.77. The summed E-state index contributed by atoms with van der Waals surface area (Å²) < 4.78 is 0. The van der Waals surface area contributed by atoms with E-state index in [1.54, 1.807) is 0 Å². The van der Waals surface area contributed by atoms with Gasteiger partial charge in [-0.3, -0.25) is 9.59 Å². The van der Waals surface area contributed by atoms with Crippen molar-refractivity contribution < 1.29 is 9.59 Å². The number of benzene rings is 1. The zero-order valence-electron chi connectivity index (χ0n) is 15.5. The summed E-state index contributed by atoms with van der Waals surface area (Å²) in [5.41, 5.74) is 2.43. The van der Waals surface area contributed by atoms with Gasteiger partial charge in [-0.2, -0.15) is 0 Å². The van der Waals surface area contributed by atoms with Crippen LogP contribution in [0, 0.1) is 18.8 Å². The molecule has 1 aromatic carbocycles. The third-order valence-electron chi connectivity index (χ3n) is 5.72. The molecule has 2 amide bonds. The Bertz CT molecular complexity index is 622. The molecule has 1 saturated carbocycles. The highest BCUT2D eigenvalue weighted by Crippen LogP contribution is 2.37. The number of rotatable bonds is 4. The maximum Gasteiger partial charge on any atom is 0.226 e. The van der Waals surface area contributed by atoms with Gasteiger partial charge in [0.05, 0.1) is 12.0 Å². The molecule has 1 aromatic rings. The molecule has 1 N–H and O–H groups in total. The van der Waals surface area contributed by atoms with Crippen LogP contribution in [-0.2, 0) is 9.59 Å². The number of carbonyl (C=O) groups excluding carboxylic acids is 2. The molecule has 2 atom stereocenters. The topological polar surface area (TPSA) is 49.4 Å². The lowest BCUT2D eigenvalue weighted by Crippen LogP contribution is -2.48. The summed E-state index contributed by atoms with van der Waals surface area (Å²) in [6.07, 6.45) is 6.02. The molecule has 1 saturated heterocycles. The number of hydrogen-bond acceptors (Lipinski definition) is 2. The average molecular weight is 342 g/mol. The summed E-state index contributed by atoms with van der Waals surface area (Å²) >= 11 is 0. The zero-order valence-corrected chi connectivity index (χ0v) is 15.5. The molecule has 0 spiro atoms. The molecule has 136 valence electrons. The van der Waals surface area contributed by atoms with Crippen molar-refractivity contribution in [3.8, 4) is 0 Å². The van der Waals surface area contributed by atoms with Crippen molar-refractivity contribution in [2.45, 2.75) is 58.4 Å². The standard InChI is InChI=1S/C21H30N2O2/c1-3-22-20(24)18-11-12-19(17-10-6-7-15(2)13-17)23(14-18)21(25)16-8-4-5-9-16/h6-7,10,13,16,18-19H,3-5,8-9,11-12,14H2,1-2H3,(H,22,24)/t18-,19+/m1/s1. The molecule has 2 fully saturated rings. The molecule has 1 heterocycles. The van der Waals surface area contributed by atoms with Crippen molar-refractivity contribution >= 4 is 11.8 Å². The van der Waals surface area contributed by atoms with E-state index >= 15 is 0 Å². The van der Waals surface area contributed by atoms with Crippen LogP contribution in [0.5, 0.6) is 0 Å². The van der Waals surface area contributed by atoms with E-state index in [1.165, 1.54) is 11.1 Å². The van der Waals surface area contributed by atoms with Gasteiger partial charge in [-0.15, -0.1) is 0 Å². The van der Waals surface area contributed by atoms with Crippen LogP contribution >= 0.6 is 0 Å². The van der Waals surface area contributed by atoms with Gasteiger partial charge in [0, 0.05) is 19.0 Å². The van der Waals surface area contributed by atoms with E-state index in [1.807, 2.05) is 11.8 Å². The molecular weight excluding hydrogens is 312 g/mol. The summed E-state index contributed by atoms with van der Waals surface area (Å²) in [4.78, 5) is 27.5. The summed E-state index contributed by atoms with van der Waals surface area (Å²) in [6, 6.07) is 8.58. The lowest BCUT2D eigenvalue weighted by molar-refractivity contribution is -0.142. The van der Waals surface area contributed by atoms with E-state index in [2.05, 4.69) is 36.5 Å². The van der Waals surface area contributed by atoms with Crippen LogP contribution in [0.15, 0.2) is 24.3 Å². The largest absolute Gasteiger partial charge is 0.356 e. The van der Waals surface area contributed by atoms with Gasteiger partial charge in [0.2, 0.25) is 11.8 Å². The third kappa shape index (κ3) is 4.05. The molecule has 4 heteroatoms. The van der Waals surface area contributed by atoms with E-state index in [-0.39, 0.29) is 29.7 Å². The Labute approximate surface area is 151 Å². The second-order valence-electron chi connectivity index (χ2n) is 7.57. The fourth-order valence-electron chi connectivity index (χ4n) is 4.38. The maximum atomic E-state index is 13.2.